The van der Waals surface area contributed by atoms with Gasteiger partial charge in [0.25, 0.3) is 0 Å². The molecule has 1 aliphatic rings. The zero-order valence-electron chi connectivity index (χ0n) is 11.6. The van der Waals surface area contributed by atoms with Gasteiger partial charge in [0.15, 0.2) is 0 Å². The van der Waals surface area contributed by atoms with E-state index in [1.165, 1.54) is 6.07 Å². The van der Waals surface area contributed by atoms with E-state index in [0.29, 0.717) is 31.6 Å². The summed E-state index contributed by atoms with van der Waals surface area (Å²) in [5, 5.41) is 9.90. The van der Waals surface area contributed by atoms with Crippen LogP contribution in [0, 0.1) is 0 Å². The summed E-state index contributed by atoms with van der Waals surface area (Å²) in [5.74, 6) is 0. The van der Waals surface area contributed by atoms with E-state index in [2.05, 4.69) is 12.2 Å². The fourth-order valence-electron chi connectivity index (χ4n) is 2.42. The van der Waals surface area contributed by atoms with Crippen LogP contribution in [0.4, 0.5) is 18.9 Å². The van der Waals surface area contributed by atoms with E-state index in [1.54, 1.807) is 13.0 Å². The molecular formula is C14H17F3N2OS. The first-order valence-electron chi connectivity index (χ1n) is 6.58. The average molecular weight is 318 g/mol. The Morgan fingerprint density at radius 1 is 1.33 bits per heavy atom. The lowest BCUT2D eigenvalue weighted by Gasteiger charge is -2.37. The molecular weight excluding hydrogens is 301 g/mol. The molecule has 1 aliphatic heterocycles. The average Bonchev–Trinajstić information content (AvgIpc) is 2.37. The Hall–Kier alpha value is -1.34. The maximum atomic E-state index is 13.1. The first-order chi connectivity index (χ1) is 9.60. The van der Waals surface area contributed by atoms with Gasteiger partial charge in [0.1, 0.15) is 4.99 Å². The maximum absolute atomic E-state index is 13.1. The highest BCUT2D eigenvalue weighted by Gasteiger charge is 2.35. The van der Waals surface area contributed by atoms with Crippen molar-refractivity contribution in [1.82, 2.24) is 0 Å². The van der Waals surface area contributed by atoms with Crippen LogP contribution in [0.5, 0.6) is 0 Å². The van der Waals surface area contributed by atoms with Crippen molar-refractivity contribution >= 4 is 22.9 Å². The third kappa shape index (κ3) is 3.65. The highest BCUT2D eigenvalue weighted by Crippen LogP contribution is 2.35. The molecule has 0 radical (unpaired) electrons. The Kier molecular flexibility index (Phi) is 4.17. The monoisotopic (exact) mass is 318 g/mol. The lowest BCUT2D eigenvalue weighted by atomic mass is 9.93. The van der Waals surface area contributed by atoms with Gasteiger partial charge >= 0.3 is 6.18 Å². The fraction of sp³-hybridized carbons (Fsp3) is 0.500. The molecule has 7 heteroatoms. The van der Waals surface area contributed by atoms with Crippen molar-refractivity contribution in [3.05, 3.63) is 29.3 Å². The second-order valence-electron chi connectivity index (χ2n) is 5.58. The first-order valence-corrected chi connectivity index (χ1v) is 6.99. The summed E-state index contributed by atoms with van der Waals surface area (Å²) >= 11 is 4.68. The standard InChI is InChI=1S/C14H17F3N2OS/c1-13(20)4-6-19(7-5-13)9-2-3-10(12(18)21)11(8-9)14(15,16)17/h2-3,8,20H,4-7H2,1H3,(H2,18,21). The van der Waals surface area contributed by atoms with Crippen molar-refractivity contribution < 1.29 is 18.3 Å². The fourth-order valence-corrected chi connectivity index (χ4v) is 2.60. The number of nitrogens with zero attached hydrogens (tertiary/aromatic N) is 1. The number of anilines is 1. The van der Waals surface area contributed by atoms with Crippen molar-refractivity contribution in [2.75, 3.05) is 18.0 Å². The molecule has 2 rings (SSSR count). The van der Waals surface area contributed by atoms with E-state index in [-0.39, 0.29) is 10.6 Å². The summed E-state index contributed by atoms with van der Waals surface area (Å²) < 4.78 is 39.3. The van der Waals surface area contributed by atoms with Crippen LogP contribution in [0.1, 0.15) is 30.9 Å². The first kappa shape index (κ1) is 16.0. The van der Waals surface area contributed by atoms with E-state index in [0.717, 1.165) is 6.07 Å². The Balaban J connectivity index is 2.33. The minimum atomic E-state index is -4.50. The summed E-state index contributed by atoms with van der Waals surface area (Å²) in [5.41, 5.74) is 4.11. The molecule has 0 saturated carbocycles. The second-order valence-corrected chi connectivity index (χ2v) is 6.02. The van der Waals surface area contributed by atoms with Crippen LogP contribution in [-0.4, -0.2) is 28.8 Å². The minimum Gasteiger partial charge on any atom is -0.390 e. The van der Waals surface area contributed by atoms with Crippen LogP contribution in [0.2, 0.25) is 0 Å². The van der Waals surface area contributed by atoms with Crippen LogP contribution in [0.15, 0.2) is 18.2 Å². The van der Waals surface area contributed by atoms with Gasteiger partial charge in [-0.2, -0.15) is 13.2 Å². The predicted molar refractivity (Wildman–Crippen MR) is 79.4 cm³/mol. The normalized spacial score (nSPS) is 18.6. The van der Waals surface area contributed by atoms with Gasteiger partial charge in [-0.3, -0.25) is 0 Å². The molecule has 0 aromatic heterocycles. The van der Waals surface area contributed by atoms with Gasteiger partial charge < -0.3 is 15.7 Å². The Morgan fingerprint density at radius 3 is 2.38 bits per heavy atom. The molecule has 1 aromatic carbocycles. The van der Waals surface area contributed by atoms with Gasteiger partial charge in [0.2, 0.25) is 0 Å². The number of nitrogens with two attached hydrogens (primary N) is 1. The summed E-state index contributed by atoms with van der Waals surface area (Å²) in [6, 6.07) is 3.98. The lowest BCUT2D eigenvalue weighted by molar-refractivity contribution is -0.137. The van der Waals surface area contributed by atoms with E-state index in [1.807, 2.05) is 4.90 Å². The highest BCUT2D eigenvalue weighted by atomic mass is 32.1. The Morgan fingerprint density at radius 2 is 1.90 bits per heavy atom. The number of halogens is 3. The van der Waals surface area contributed by atoms with E-state index >= 15 is 0 Å². The zero-order chi connectivity index (χ0) is 15.8. The second kappa shape index (κ2) is 5.46. The molecule has 3 nitrogen and oxygen atoms in total. The molecule has 0 atom stereocenters. The smallest absolute Gasteiger partial charge is 0.390 e. The number of piperidine rings is 1. The Labute approximate surface area is 126 Å². The van der Waals surface area contributed by atoms with Crippen molar-refractivity contribution in [1.29, 1.82) is 0 Å². The molecule has 3 N–H and O–H groups in total. The number of benzene rings is 1. The van der Waals surface area contributed by atoms with E-state index in [4.69, 9.17) is 5.73 Å². The molecule has 1 fully saturated rings. The van der Waals surface area contributed by atoms with Crippen LogP contribution < -0.4 is 10.6 Å². The number of aliphatic hydroxyl groups is 1. The van der Waals surface area contributed by atoms with Crippen LogP contribution >= 0.6 is 12.2 Å². The third-order valence-electron chi connectivity index (χ3n) is 3.78. The largest absolute Gasteiger partial charge is 0.417 e. The van der Waals surface area contributed by atoms with Crippen molar-refractivity contribution in [3.8, 4) is 0 Å². The van der Waals surface area contributed by atoms with Crippen molar-refractivity contribution in [2.24, 2.45) is 5.73 Å². The van der Waals surface area contributed by atoms with E-state index < -0.39 is 17.3 Å². The molecule has 1 aromatic rings. The molecule has 21 heavy (non-hydrogen) atoms. The lowest BCUT2D eigenvalue weighted by Crippen LogP contribution is -2.42. The van der Waals surface area contributed by atoms with E-state index in [9.17, 15) is 18.3 Å². The highest BCUT2D eigenvalue weighted by molar-refractivity contribution is 7.80. The predicted octanol–water partition coefficient (Wildman–Crippen LogP) is 2.69. The Bertz CT molecular complexity index is 548. The van der Waals surface area contributed by atoms with Gasteiger partial charge in [0.05, 0.1) is 11.2 Å². The summed E-state index contributed by atoms with van der Waals surface area (Å²) in [4.78, 5) is 1.56. The summed E-state index contributed by atoms with van der Waals surface area (Å²) in [7, 11) is 0. The van der Waals surface area contributed by atoms with Gasteiger partial charge in [-0.1, -0.05) is 12.2 Å². The summed E-state index contributed by atoms with van der Waals surface area (Å²) in [6.45, 7) is 2.76. The van der Waals surface area contributed by atoms with Crippen molar-refractivity contribution in [3.63, 3.8) is 0 Å². The molecule has 116 valence electrons. The van der Waals surface area contributed by atoms with Gasteiger partial charge in [-0.05, 0) is 38.0 Å². The number of hydrogen-bond acceptors (Lipinski definition) is 3. The van der Waals surface area contributed by atoms with Crippen LogP contribution in [0.3, 0.4) is 0 Å². The van der Waals surface area contributed by atoms with Gasteiger partial charge in [0, 0.05) is 24.3 Å². The minimum absolute atomic E-state index is 0.162. The van der Waals surface area contributed by atoms with Crippen LogP contribution in [-0.2, 0) is 6.18 Å². The molecule has 0 spiro atoms. The molecule has 0 aliphatic carbocycles. The molecule has 0 unspecified atom stereocenters. The summed E-state index contributed by atoms with van der Waals surface area (Å²) in [6.07, 6.45) is -3.47. The molecule has 1 heterocycles. The number of thiocarbonyl (C=S) groups is 1. The maximum Gasteiger partial charge on any atom is 0.417 e. The van der Waals surface area contributed by atoms with Crippen LogP contribution in [0.25, 0.3) is 0 Å². The third-order valence-corrected chi connectivity index (χ3v) is 4.00. The van der Waals surface area contributed by atoms with Crippen molar-refractivity contribution in [2.45, 2.75) is 31.5 Å². The molecule has 1 saturated heterocycles. The zero-order valence-corrected chi connectivity index (χ0v) is 12.4. The number of rotatable bonds is 2. The quantitative estimate of drug-likeness (QED) is 0.823. The SMILES string of the molecule is CC1(O)CCN(c2ccc(C(N)=S)c(C(F)(F)F)c2)CC1. The van der Waals surface area contributed by atoms with Gasteiger partial charge in [-0.25, -0.2) is 0 Å². The molecule has 0 bridgehead atoms. The van der Waals surface area contributed by atoms with Gasteiger partial charge in [-0.15, -0.1) is 0 Å². The number of alkyl halides is 3. The number of hydrogen-bond donors (Lipinski definition) is 2. The molecule has 0 amide bonds. The topological polar surface area (TPSA) is 49.5 Å².